The predicted molar refractivity (Wildman–Crippen MR) is 93.5 cm³/mol. The number of rotatable bonds is 5. The number of aromatic nitrogens is 4. The van der Waals surface area contributed by atoms with Gasteiger partial charge in [0.2, 0.25) is 5.91 Å². The lowest BCUT2D eigenvalue weighted by Crippen LogP contribution is -2.39. The first kappa shape index (κ1) is 17.7. The van der Waals surface area contributed by atoms with Gasteiger partial charge in [-0.3, -0.25) is 14.3 Å². The third kappa shape index (κ3) is 5.17. The molecular weight excluding hydrogens is 342 g/mol. The maximum absolute atomic E-state index is 12.5. The molecule has 3 heterocycles. The van der Waals surface area contributed by atoms with Crippen LogP contribution in [0.15, 0.2) is 34.5 Å². The van der Waals surface area contributed by atoms with Gasteiger partial charge in [-0.15, -0.1) is 0 Å². The Hall–Kier alpha value is -2.13. The minimum absolute atomic E-state index is 0.0186. The van der Waals surface area contributed by atoms with Gasteiger partial charge in [0.25, 0.3) is 5.56 Å². The molecule has 0 bridgehead atoms. The third-order valence-corrected chi connectivity index (χ3v) is 4.69. The zero-order chi connectivity index (χ0) is 17.6. The second-order valence-corrected chi connectivity index (χ2v) is 6.86. The van der Waals surface area contributed by atoms with Gasteiger partial charge >= 0.3 is 0 Å². The van der Waals surface area contributed by atoms with Crippen LogP contribution in [0.1, 0.15) is 12.1 Å². The highest BCUT2D eigenvalue weighted by Gasteiger charge is 2.23. The molecule has 134 valence electrons. The summed E-state index contributed by atoms with van der Waals surface area (Å²) in [5.41, 5.74) is 0.436. The molecule has 1 aliphatic rings. The fraction of sp³-hybridized carbons (Fsp3) is 0.500. The summed E-state index contributed by atoms with van der Waals surface area (Å²) in [6, 6.07) is 3.30. The zero-order valence-electron chi connectivity index (χ0n) is 14.1. The number of thioether (sulfide) groups is 1. The van der Waals surface area contributed by atoms with E-state index in [2.05, 4.69) is 15.1 Å². The Morgan fingerprint density at radius 1 is 1.52 bits per heavy atom. The summed E-state index contributed by atoms with van der Waals surface area (Å²) in [6.07, 6.45) is 4.35. The summed E-state index contributed by atoms with van der Waals surface area (Å²) in [5.74, 6) is 0.256. The van der Waals surface area contributed by atoms with Gasteiger partial charge in [-0.25, -0.2) is 4.98 Å². The maximum atomic E-state index is 12.5. The minimum Gasteiger partial charge on any atom is -0.374 e. The molecule has 0 aromatic carbocycles. The van der Waals surface area contributed by atoms with Crippen molar-refractivity contribution in [3.63, 3.8) is 0 Å². The van der Waals surface area contributed by atoms with Gasteiger partial charge < -0.3 is 14.6 Å². The average Bonchev–Trinajstić information content (AvgIpc) is 2.96. The predicted octanol–water partition coefficient (Wildman–Crippen LogP) is 0.685. The molecule has 1 fully saturated rings. The molecule has 1 N–H and O–H groups in total. The standard InChI is InChI=1S/C16H21N5O3S/c1-12-8-14(22)19-16(18-12)25-11-15(23)20-5-3-7-24-13(9-20)10-21-6-2-4-17-21/h2,4,6,8,13H,3,5,7,9-11H2,1H3,(H,18,19,22)/t13-/m0/s1. The Labute approximate surface area is 149 Å². The molecule has 0 unspecified atom stereocenters. The van der Waals surface area contributed by atoms with E-state index in [0.29, 0.717) is 37.1 Å². The number of ether oxygens (including phenoxy) is 1. The van der Waals surface area contributed by atoms with Gasteiger partial charge in [0.15, 0.2) is 5.16 Å². The van der Waals surface area contributed by atoms with Crippen LogP contribution in [0.2, 0.25) is 0 Å². The lowest BCUT2D eigenvalue weighted by molar-refractivity contribution is -0.129. The van der Waals surface area contributed by atoms with Crippen LogP contribution in [-0.4, -0.2) is 62.1 Å². The van der Waals surface area contributed by atoms with Crippen molar-refractivity contribution in [2.45, 2.75) is 31.1 Å². The molecule has 1 saturated heterocycles. The van der Waals surface area contributed by atoms with Crippen molar-refractivity contribution in [1.29, 1.82) is 0 Å². The first-order valence-corrected chi connectivity index (χ1v) is 9.16. The fourth-order valence-electron chi connectivity index (χ4n) is 2.69. The number of hydrogen-bond acceptors (Lipinski definition) is 6. The van der Waals surface area contributed by atoms with E-state index in [1.807, 2.05) is 21.8 Å². The van der Waals surface area contributed by atoms with Gasteiger partial charge in [-0.1, -0.05) is 11.8 Å². The SMILES string of the molecule is Cc1cc(=O)[nH]c(SCC(=O)N2CCCO[C@H](Cn3cccn3)C2)n1. The number of nitrogens with zero attached hydrogens (tertiary/aromatic N) is 4. The molecule has 9 heteroatoms. The molecule has 0 spiro atoms. The highest BCUT2D eigenvalue weighted by atomic mass is 32.2. The molecule has 1 aliphatic heterocycles. The Morgan fingerprint density at radius 3 is 3.16 bits per heavy atom. The maximum Gasteiger partial charge on any atom is 0.251 e. The summed E-state index contributed by atoms with van der Waals surface area (Å²) in [6.45, 7) is 4.23. The molecule has 2 aromatic rings. The molecule has 0 saturated carbocycles. The molecule has 2 aromatic heterocycles. The summed E-state index contributed by atoms with van der Waals surface area (Å²) in [4.78, 5) is 32.7. The van der Waals surface area contributed by atoms with E-state index in [9.17, 15) is 9.59 Å². The number of aryl methyl sites for hydroxylation is 1. The second kappa shape index (κ2) is 8.30. The first-order valence-electron chi connectivity index (χ1n) is 8.18. The van der Waals surface area contributed by atoms with Gasteiger partial charge in [-0.05, 0) is 19.4 Å². The summed E-state index contributed by atoms with van der Waals surface area (Å²) in [5, 5.41) is 4.66. The van der Waals surface area contributed by atoms with Crippen LogP contribution < -0.4 is 5.56 Å². The lowest BCUT2D eigenvalue weighted by Gasteiger charge is -2.23. The second-order valence-electron chi connectivity index (χ2n) is 5.89. The molecule has 3 rings (SSSR count). The van der Waals surface area contributed by atoms with E-state index in [-0.39, 0.29) is 23.3 Å². The van der Waals surface area contributed by atoms with E-state index in [4.69, 9.17) is 4.74 Å². The summed E-state index contributed by atoms with van der Waals surface area (Å²) >= 11 is 1.25. The van der Waals surface area contributed by atoms with Gasteiger partial charge in [0, 0.05) is 43.9 Å². The van der Waals surface area contributed by atoms with E-state index in [1.165, 1.54) is 17.8 Å². The van der Waals surface area contributed by atoms with Crippen molar-refractivity contribution in [2.75, 3.05) is 25.4 Å². The van der Waals surface area contributed by atoms with Gasteiger partial charge in [-0.2, -0.15) is 5.10 Å². The van der Waals surface area contributed by atoms with Crippen molar-refractivity contribution in [2.24, 2.45) is 0 Å². The van der Waals surface area contributed by atoms with Crippen LogP contribution in [0.4, 0.5) is 0 Å². The van der Waals surface area contributed by atoms with Crippen molar-refractivity contribution in [3.8, 4) is 0 Å². The van der Waals surface area contributed by atoms with E-state index in [0.717, 1.165) is 6.42 Å². The zero-order valence-corrected chi connectivity index (χ0v) is 14.9. The number of carbonyl (C=O) groups is 1. The number of H-pyrrole nitrogens is 1. The molecular formula is C16H21N5O3S. The number of amides is 1. The normalized spacial score (nSPS) is 18.1. The van der Waals surface area contributed by atoms with Crippen LogP contribution in [0.25, 0.3) is 0 Å². The van der Waals surface area contributed by atoms with Crippen LogP contribution in [0.5, 0.6) is 0 Å². The lowest BCUT2D eigenvalue weighted by atomic mass is 10.3. The molecule has 1 atom stereocenters. The van der Waals surface area contributed by atoms with Crippen LogP contribution >= 0.6 is 11.8 Å². The van der Waals surface area contributed by atoms with Crippen LogP contribution in [-0.2, 0) is 16.1 Å². The molecule has 25 heavy (non-hydrogen) atoms. The highest BCUT2D eigenvalue weighted by molar-refractivity contribution is 7.99. The highest BCUT2D eigenvalue weighted by Crippen LogP contribution is 2.14. The molecule has 0 radical (unpaired) electrons. The average molecular weight is 363 g/mol. The van der Waals surface area contributed by atoms with Crippen molar-refractivity contribution in [1.82, 2.24) is 24.6 Å². The van der Waals surface area contributed by atoms with E-state index < -0.39 is 0 Å². The van der Waals surface area contributed by atoms with Gasteiger partial charge in [0.1, 0.15) is 0 Å². The number of nitrogens with one attached hydrogen (secondary N) is 1. The Balaban J connectivity index is 1.57. The van der Waals surface area contributed by atoms with E-state index >= 15 is 0 Å². The fourth-order valence-corrected chi connectivity index (χ4v) is 3.51. The van der Waals surface area contributed by atoms with Crippen LogP contribution in [0, 0.1) is 6.92 Å². The minimum atomic E-state index is -0.204. The number of carbonyl (C=O) groups excluding carboxylic acids is 1. The number of hydrogen-bond donors (Lipinski definition) is 1. The third-order valence-electron chi connectivity index (χ3n) is 3.83. The van der Waals surface area contributed by atoms with Crippen LogP contribution in [0.3, 0.4) is 0 Å². The Bertz CT molecular complexity index is 761. The quantitative estimate of drug-likeness (QED) is 0.620. The van der Waals surface area contributed by atoms with Crippen molar-refractivity contribution in [3.05, 3.63) is 40.6 Å². The molecule has 1 amide bonds. The molecule has 0 aliphatic carbocycles. The largest absolute Gasteiger partial charge is 0.374 e. The van der Waals surface area contributed by atoms with Crippen molar-refractivity contribution >= 4 is 17.7 Å². The van der Waals surface area contributed by atoms with Gasteiger partial charge in [0.05, 0.1) is 18.4 Å². The Morgan fingerprint density at radius 2 is 2.40 bits per heavy atom. The number of aromatic amines is 1. The smallest absolute Gasteiger partial charge is 0.251 e. The summed E-state index contributed by atoms with van der Waals surface area (Å²) < 4.78 is 7.64. The van der Waals surface area contributed by atoms with Crippen molar-refractivity contribution < 1.29 is 9.53 Å². The topological polar surface area (TPSA) is 93.1 Å². The summed E-state index contributed by atoms with van der Waals surface area (Å²) in [7, 11) is 0. The first-order chi connectivity index (χ1) is 12.1. The van der Waals surface area contributed by atoms with E-state index in [1.54, 1.807) is 13.1 Å². The monoisotopic (exact) mass is 363 g/mol. The Kier molecular flexibility index (Phi) is 5.87. The molecule has 8 nitrogen and oxygen atoms in total.